The molecule has 110 valence electrons. The zero-order chi connectivity index (χ0) is 15.0. The number of nitrogens with one attached hydrogen (secondary N) is 3. The van der Waals surface area contributed by atoms with Crippen molar-refractivity contribution in [3.05, 3.63) is 28.8 Å². The molecular formula is C13H18ClN3O2S. The van der Waals surface area contributed by atoms with Crippen molar-refractivity contribution in [2.45, 2.75) is 6.92 Å². The summed E-state index contributed by atoms with van der Waals surface area (Å²) >= 11 is 11.1. The number of ether oxygens (including phenoxy) is 1. The average molecular weight is 316 g/mol. The smallest absolute Gasteiger partial charge is 0.239 e. The number of methoxy groups -OCH3 is 1. The van der Waals surface area contributed by atoms with Gasteiger partial charge in [0.1, 0.15) is 0 Å². The fourth-order valence-corrected chi connectivity index (χ4v) is 1.78. The first-order chi connectivity index (χ1) is 9.54. The minimum absolute atomic E-state index is 0.106. The van der Waals surface area contributed by atoms with E-state index in [-0.39, 0.29) is 12.5 Å². The maximum atomic E-state index is 11.5. The van der Waals surface area contributed by atoms with E-state index in [1.54, 1.807) is 7.11 Å². The van der Waals surface area contributed by atoms with Crippen molar-refractivity contribution in [2.24, 2.45) is 0 Å². The second-order valence-corrected chi connectivity index (χ2v) is 4.88. The van der Waals surface area contributed by atoms with Crippen molar-refractivity contribution in [2.75, 3.05) is 32.1 Å². The standard InChI is InChI=1S/C13H18ClN3O2S/c1-9-10(14)4-3-5-11(9)17-13(20)16-8-12(18)15-6-7-19-2/h3-5H,6-8H2,1-2H3,(H,15,18)(H2,16,17,20). The molecule has 1 aromatic carbocycles. The number of anilines is 1. The van der Waals surface area contributed by atoms with Crippen LogP contribution in [0.4, 0.5) is 5.69 Å². The largest absolute Gasteiger partial charge is 0.383 e. The number of amides is 1. The van der Waals surface area contributed by atoms with Gasteiger partial charge in [0.15, 0.2) is 5.11 Å². The van der Waals surface area contributed by atoms with Gasteiger partial charge in [-0.1, -0.05) is 17.7 Å². The van der Waals surface area contributed by atoms with Gasteiger partial charge >= 0.3 is 0 Å². The van der Waals surface area contributed by atoms with E-state index in [9.17, 15) is 4.79 Å². The topological polar surface area (TPSA) is 62.4 Å². The zero-order valence-electron chi connectivity index (χ0n) is 11.5. The van der Waals surface area contributed by atoms with E-state index in [0.29, 0.717) is 23.3 Å². The third kappa shape index (κ3) is 5.73. The van der Waals surface area contributed by atoms with Gasteiger partial charge in [0, 0.05) is 24.4 Å². The first-order valence-electron chi connectivity index (χ1n) is 6.10. The van der Waals surface area contributed by atoms with Crippen LogP contribution in [0.5, 0.6) is 0 Å². The molecule has 1 rings (SSSR count). The van der Waals surface area contributed by atoms with Crippen LogP contribution in [0, 0.1) is 6.92 Å². The Balaban J connectivity index is 2.37. The van der Waals surface area contributed by atoms with Crippen molar-refractivity contribution >= 4 is 40.5 Å². The van der Waals surface area contributed by atoms with Crippen LogP contribution in [-0.2, 0) is 9.53 Å². The average Bonchev–Trinajstić information content (AvgIpc) is 2.42. The van der Waals surface area contributed by atoms with E-state index in [4.69, 9.17) is 28.6 Å². The lowest BCUT2D eigenvalue weighted by atomic mass is 10.2. The second-order valence-electron chi connectivity index (χ2n) is 4.06. The van der Waals surface area contributed by atoms with E-state index >= 15 is 0 Å². The molecule has 0 fully saturated rings. The minimum atomic E-state index is -0.144. The molecular weight excluding hydrogens is 298 g/mol. The van der Waals surface area contributed by atoms with Crippen molar-refractivity contribution in [1.82, 2.24) is 10.6 Å². The van der Waals surface area contributed by atoms with E-state index in [1.807, 2.05) is 25.1 Å². The van der Waals surface area contributed by atoms with Crippen LogP contribution in [0.1, 0.15) is 5.56 Å². The first-order valence-corrected chi connectivity index (χ1v) is 6.89. The summed E-state index contributed by atoms with van der Waals surface area (Å²) in [6.45, 7) is 2.96. The Bertz CT molecular complexity index is 483. The predicted molar refractivity (Wildman–Crippen MR) is 85.3 cm³/mol. The molecule has 1 aromatic rings. The number of rotatable bonds is 6. The van der Waals surface area contributed by atoms with Crippen LogP contribution < -0.4 is 16.0 Å². The Morgan fingerprint density at radius 1 is 1.40 bits per heavy atom. The summed E-state index contributed by atoms with van der Waals surface area (Å²) in [5.74, 6) is -0.144. The Hall–Kier alpha value is -1.37. The van der Waals surface area contributed by atoms with Crippen LogP contribution in [0.3, 0.4) is 0 Å². The number of thiocarbonyl (C=S) groups is 1. The van der Waals surface area contributed by atoms with Gasteiger partial charge in [0.05, 0.1) is 13.2 Å². The van der Waals surface area contributed by atoms with E-state index in [2.05, 4.69) is 16.0 Å². The van der Waals surface area contributed by atoms with Gasteiger partial charge in [0.2, 0.25) is 5.91 Å². The molecule has 0 aromatic heterocycles. The van der Waals surface area contributed by atoms with Gasteiger partial charge in [-0.05, 0) is 36.8 Å². The maximum Gasteiger partial charge on any atom is 0.239 e. The van der Waals surface area contributed by atoms with Crippen molar-refractivity contribution in [3.8, 4) is 0 Å². The second kappa shape index (κ2) is 8.73. The van der Waals surface area contributed by atoms with Crippen LogP contribution in [0.15, 0.2) is 18.2 Å². The molecule has 0 spiro atoms. The zero-order valence-corrected chi connectivity index (χ0v) is 13.0. The van der Waals surface area contributed by atoms with Gasteiger partial charge in [0.25, 0.3) is 0 Å². The summed E-state index contributed by atoms with van der Waals surface area (Å²) in [6.07, 6.45) is 0. The predicted octanol–water partition coefficient (Wildman–Crippen LogP) is 1.70. The highest BCUT2D eigenvalue weighted by molar-refractivity contribution is 7.80. The van der Waals surface area contributed by atoms with Crippen LogP contribution in [0.25, 0.3) is 0 Å². The maximum absolute atomic E-state index is 11.5. The number of hydrogen-bond donors (Lipinski definition) is 3. The molecule has 1 amide bonds. The fraction of sp³-hybridized carbons (Fsp3) is 0.385. The molecule has 0 saturated carbocycles. The highest BCUT2D eigenvalue weighted by Gasteiger charge is 2.05. The fourth-order valence-electron chi connectivity index (χ4n) is 1.42. The highest BCUT2D eigenvalue weighted by Crippen LogP contribution is 2.22. The minimum Gasteiger partial charge on any atom is -0.383 e. The molecule has 5 nitrogen and oxygen atoms in total. The number of carbonyl (C=O) groups is 1. The number of hydrogen-bond acceptors (Lipinski definition) is 3. The molecule has 0 heterocycles. The van der Waals surface area contributed by atoms with Gasteiger partial charge < -0.3 is 20.7 Å². The normalized spacial score (nSPS) is 9.95. The van der Waals surface area contributed by atoms with Gasteiger partial charge in [-0.25, -0.2) is 0 Å². The van der Waals surface area contributed by atoms with Gasteiger partial charge in [-0.2, -0.15) is 0 Å². The SMILES string of the molecule is COCCNC(=O)CNC(=S)Nc1cccc(Cl)c1C. The molecule has 20 heavy (non-hydrogen) atoms. The number of carbonyl (C=O) groups excluding carboxylic acids is 1. The summed E-state index contributed by atoms with van der Waals surface area (Å²) in [5, 5.41) is 9.56. The molecule has 0 radical (unpaired) electrons. The van der Waals surface area contributed by atoms with Gasteiger partial charge in [-0.15, -0.1) is 0 Å². The van der Waals surface area contributed by atoms with Crippen molar-refractivity contribution in [3.63, 3.8) is 0 Å². The Morgan fingerprint density at radius 3 is 2.85 bits per heavy atom. The summed E-state index contributed by atoms with van der Waals surface area (Å²) < 4.78 is 4.84. The van der Waals surface area contributed by atoms with Crippen LogP contribution in [-0.4, -0.2) is 37.8 Å². The number of halogens is 1. The van der Waals surface area contributed by atoms with Gasteiger partial charge in [-0.3, -0.25) is 4.79 Å². The molecule has 0 bridgehead atoms. The molecule has 0 aliphatic carbocycles. The molecule has 0 aliphatic heterocycles. The van der Waals surface area contributed by atoms with E-state index < -0.39 is 0 Å². The lowest BCUT2D eigenvalue weighted by Crippen LogP contribution is -2.39. The molecule has 0 saturated heterocycles. The van der Waals surface area contributed by atoms with E-state index in [0.717, 1.165) is 11.3 Å². The van der Waals surface area contributed by atoms with Crippen LogP contribution >= 0.6 is 23.8 Å². The molecule has 7 heteroatoms. The van der Waals surface area contributed by atoms with Crippen molar-refractivity contribution < 1.29 is 9.53 Å². The van der Waals surface area contributed by atoms with E-state index in [1.165, 1.54) is 0 Å². The Labute approximate surface area is 129 Å². The molecule has 0 aliphatic rings. The number of benzene rings is 1. The van der Waals surface area contributed by atoms with Crippen molar-refractivity contribution in [1.29, 1.82) is 0 Å². The quantitative estimate of drug-likeness (QED) is 0.551. The third-order valence-corrected chi connectivity index (χ3v) is 3.21. The Morgan fingerprint density at radius 2 is 2.15 bits per heavy atom. The first kappa shape index (κ1) is 16.7. The summed E-state index contributed by atoms with van der Waals surface area (Å²) in [7, 11) is 1.58. The molecule has 0 unspecified atom stereocenters. The lowest BCUT2D eigenvalue weighted by molar-refractivity contribution is -0.120. The molecule has 0 atom stereocenters. The summed E-state index contributed by atoms with van der Waals surface area (Å²) in [4.78, 5) is 11.5. The highest BCUT2D eigenvalue weighted by atomic mass is 35.5. The lowest BCUT2D eigenvalue weighted by Gasteiger charge is -2.13. The summed E-state index contributed by atoms with van der Waals surface area (Å²) in [5.41, 5.74) is 1.72. The summed E-state index contributed by atoms with van der Waals surface area (Å²) in [6, 6.07) is 5.51. The Kier molecular flexibility index (Phi) is 7.28. The third-order valence-electron chi connectivity index (χ3n) is 2.55. The van der Waals surface area contributed by atoms with Crippen LogP contribution in [0.2, 0.25) is 5.02 Å². The molecule has 3 N–H and O–H groups in total. The monoisotopic (exact) mass is 315 g/mol.